The molecule has 2 aromatic carbocycles. The lowest BCUT2D eigenvalue weighted by Crippen LogP contribution is -2.28. The van der Waals surface area contributed by atoms with Crippen molar-refractivity contribution >= 4 is 5.91 Å². The Kier molecular flexibility index (Phi) is 6.14. The summed E-state index contributed by atoms with van der Waals surface area (Å²) < 4.78 is 6.04. The van der Waals surface area contributed by atoms with Gasteiger partial charge in [0.1, 0.15) is 12.3 Å². The fourth-order valence-electron chi connectivity index (χ4n) is 3.46. The van der Waals surface area contributed by atoms with E-state index in [4.69, 9.17) is 4.74 Å². The lowest BCUT2D eigenvalue weighted by molar-refractivity contribution is -0.122. The predicted octanol–water partition coefficient (Wildman–Crippen LogP) is 3.37. The summed E-state index contributed by atoms with van der Waals surface area (Å²) in [5.74, 6) is 1.24. The minimum absolute atomic E-state index is 0.0305. The van der Waals surface area contributed by atoms with Gasteiger partial charge in [-0.25, -0.2) is 0 Å². The molecule has 0 saturated heterocycles. The highest BCUT2D eigenvalue weighted by molar-refractivity contribution is 5.75. The summed E-state index contributed by atoms with van der Waals surface area (Å²) in [6.07, 6.45) is 6.44. The number of hydrogen-bond donors (Lipinski definition) is 1. The van der Waals surface area contributed by atoms with Gasteiger partial charge >= 0.3 is 0 Å². The Morgan fingerprint density at radius 1 is 1.03 bits per heavy atom. The molecule has 1 saturated carbocycles. The molecule has 1 fully saturated rings. The number of nitrogens with one attached hydrogen (secondary N) is 1. The largest absolute Gasteiger partial charge is 0.490 e. The molecule has 0 spiro atoms. The molecule has 7 nitrogen and oxygen atoms in total. The van der Waals surface area contributed by atoms with E-state index in [2.05, 4.69) is 20.7 Å². The van der Waals surface area contributed by atoms with Crippen LogP contribution in [0.5, 0.6) is 5.75 Å². The number of carbonyl (C=O) groups is 1. The van der Waals surface area contributed by atoms with E-state index < -0.39 is 0 Å². The van der Waals surface area contributed by atoms with Crippen LogP contribution < -0.4 is 10.1 Å². The van der Waals surface area contributed by atoms with Gasteiger partial charge in [-0.05, 0) is 48.6 Å². The lowest BCUT2D eigenvalue weighted by Gasteiger charge is -2.23. The summed E-state index contributed by atoms with van der Waals surface area (Å²) >= 11 is 0. The fourth-order valence-corrected chi connectivity index (χ4v) is 3.46. The molecule has 0 atom stereocenters. The summed E-state index contributed by atoms with van der Waals surface area (Å²) in [7, 11) is 0. The molecule has 0 aliphatic heterocycles. The molecular formula is C22H25N5O2. The van der Waals surface area contributed by atoms with Crippen molar-refractivity contribution in [2.75, 3.05) is 0 Å². The summed E-state index contributed by atoms with van der Waals surface area (Å²) in [6, 6.07) is 17.5. The third-order valence-corrected chi connectivity index (χ3v) is 5.04. The lowest BCUT2D eigenvalue weighted by atomic mass is 9.98. The average Bonchev–Trinajstić information content (AvgIpc) is 3.23. The van der Waals surface area contributed by atoms with Crippen molar-refractivity contribution in [3.05, 3.63) is 60.2 Å². The third-order valence-electron chi connectivity index (χ3n) is 5.04. The molecule has 0 radical (unpaired) electrons. The number of hydrogen-bond acceptors (Lipinski definition) is 5. The van der Waals surface area contributed by atoms with Gasteiger partial charge in [0.25, 0.3) is 0 Å². The standard InChI is InChI=1S/C22H25N5O2/c28-21(16-27-25-22(24-26-27)18-7-3-1-4-8-18)23-15-17-11-13-20(14-12-17)29-19-9-5-2-6-10-19/h1,3-4,7-8,11-14,19H,2,5-6,9-10,15-16H2,(H,23,28). The molecule has 150 valence electrons. The van der Waals surface area contributed by atoms with Crippen molar-refractivity contribution < 1.29 is 9.53 Å². The Hall–Kier alpha value is -3.22. The molecule has 0 bridgehead atoms. The van der Waals surface area contributed by atoms with Gasteiger partial charge in [0.15, 0.2) is 0 Å². The van der Waals surface area contributed by atoms with Gasteiger partial charge in [-0.2, -0.15) is 4.80 Å². The number of benzene rings is 2. The molecule has 1 aliphatic carbocycles. The SMILES string of the molecule is O=C(Cn1nnc(-c2ccccc2)n1)NCc1ccc(OC2CCCCC2)cc1. The van der Waals surface area contributed by atoms with Crippen LogP contribution in [-0.2, 0) is 17.9 Å². The van der Waals surface area contributed by atoms with Gasteiger partial charge in [0.2, 0.25) is 11.7 Å². The highest BCUT2D eigenvalue weighted by Crippen LogP contribution is 2.23. The molecule has 1 amide bonds. The van der Waals surface area contributed by atoms with Crippen LogP contribution in [0.4, 0.5) is 0 Å². The van der Waals surface area contributed by atoms with Gasteiger partial charge < -0.3 is 10.1 Å². The molecule has 7 heteroatoms. The minimum Gasteiger partial charge on any atom is -0.490 e. The number of carbonyl (C=O) groups excluding carboxylic acids is 1. The number of aromatic nitrogens is 4. The van der Waals surface area contributed by atoms with E-state index in [-0.39, 0.29) is 12.5 Å². The maximum absolute atomic E-state index is 12.2. The second-order valence-corrected chi connectivity index (χ2v) is 7.31. The van der Waals surface area contributed by atoms with Crippen LogP contribution in [0.15, 0.2) is 54.6 Å². The summed E-state index contributed by atoms with van der Waals surface area (Å²) in [6.45, 7) is 0.478. The Labute approximate surface area is 170 Å². The van der Waals surface area contributed by atoms with E-state index in [0.29, 0.717) is 18.5 Å². The average molecular weight is 391 g/mol. The van der Waals surface area contributed by atoms with Crippen LogP contribution in [0.3, 0.4) is 0 Å². The summed E-state index contributed by atoms with van der Waals surface area (Å²) in [5, 5.41) is 15.1. The Balaban J connectivity index is 1.25. The molecule has 0 unspecified atom stereocenters. The smallest absolute Gasteiger partial charge is 0.243 e. The fraction of sp³-hybridized carbons (Fsp3) is 0.364. The number of ether oxygens (including phenoxy) is 1. The van der Waals surface area contributed by atoms with Crippen molar-refractivity contribution in [1.82, 2.24) is 25.5 Å². The molecule has 1 heterocycles. The van der Waals surface area contributed by atoms with Gasteiger partial charge in [0.05, 0.1) is 6.10 Å². The molecular weight excluding hydrogens is 366 g/mol. The van der Waals surface area contributed by atoms with E-state index in [1.54, 1.807) is 0 Å². The predicted molar refractivity (Wildman–Crippen MR) is 109 cm³/mol. The minimum atomic E-state index is -0.162. The van der Waals surface area contributed by atoms with Crippen LogP contribution in [0.2, 0.25) is 0 Å². The second-order valence-electron chi connectivity index (χ2n) is 7.31. The zero-order valence-electron chi connectivity index (χ0n) is 16.3. The number of nitrogens with zero attached hydrogens (tertiary/aromatic N) is 4. The van der Waals surface area contributed by atoms with Crippen molar-refractivity contribution in [3.63, 3.8) is 0 Å². The molecule has 1 aliphatic rings. The first kappa shape index (κ1) is 19.1. The first-order chi connectivity index (χ1) is 14.3. The van der Waals surface area contributed by atoms with Gasteiger partial charge in [0, 0.05) is 12.1 Å². The highest BCUT2D eigenvalue weighted by Gasteiger charge is 2.14. The van der Waals surface area contributed by atoms with Crippen LogP contribution in [0.25, 0.3) is 11.4 Å². The molecule has 29 heavy (non-hydrogen) atoms. The first-order valence-electron chi connectivity index (χ1n) is 10.1. The Morgan fingerprint density at radius 2 is 1.79 bits per heavy atom. The normalized spacial score (nSPS) is 14.5. The van der Waals surface area contributed by atoms with Gasteiger partial charge in [-0.15, -0.1) is 10.2 Å². The van der Waals surface area contributed by atoms with Crippen molar-refractivity contribution in [2.45, 2.75) is 51.3 Å². The van der Waals surface area contributed by atoms with E-state index in [9.17, 15) is 4.79 Å². The van der Waals surface area contributed by atoms with Gasteiger partial charge in [-0.1, -0.05) is 48.9 Å². The number of tetrazole rings is 1. The van der Waals surface area contributed by atoms with Crippen LogP contribution in [-0.4, -0.2) is 32.2 Å². The van der Waals surface area contributed by atoms with Crippen LogP contribution in [0, 0.1) is 0 Å². The highest BCUT2D eigenvalue weighted by atomic mass is 16.5. The summed E-state index contributed by atoms with van der Waals surface area (Å²) in [5.41, 5.74) is 1.89. The van der Waals surface area contributed by atoms with E-state index >= 15 is 0 Å². The van der Waals surface area contributed by atoms with E-state index in [1.165, 1.54) is 24.1 Å². The maximum atomic E-state index is 12.2. The van der Waals surface area contributed by atoms with E-state index in [0.717, 1.165) is 29.7 Å². The zero-order valence-corrected chi connectivity index (χ0v) is 16.3. The number of amides is 1. The second kappa shape index (κ2) is 9.32. The topological polar surface area (TPSA) is 81.9 Å². The molecule has 4 rings (SSSR count). The van der Waals surface area contributed by atoms with Crippen molar-refractivity contribution in [3.8, 4) is 17.1 Å². The van der Waals surface area contributed by atoms with E-state index in [1.807, 2.05) is 54.6 Å². The monoisotopic (exact) mass is 391 g/mol. The van der Waals surface area contributed by atoms with Crippen molar-refractivity contribution in [1.29, 1.82) is 0 Å². The Bertz CT molecular complexity index is 918. The maximum Gasteiger partial charge on any atom is 0.243 e. The first-order valence-corrected chi connectivity index (χ1v) is 10.1. The molecule has 1 aromatic heterocycles. The molecule has 1 N–H and O–H groups in total. The van der Waals surface area contributed by atoms with Crippen molar-refractivity contribution in [2.24, 2.45) is 0 Å². The van der Waals surface area contributed by atoms with Gasteiger partial charge in [-0.3, -0.25) is 4.79 Å². The quantitative estimate of drug-likeness (QED) is 0.668. The number of rotatable bonds is 7. The Morgan fingerprint density at radius 3 is 2.55 bits per heavy atom. The summed E-state index contributed by atoms with van der Waals surface area (Å²) in [4.78, 5) is 13.5. The third kappa shape index (κ3) is 5.40. The molecule has 3 aromatic rings. The van der Waals surface area contributed by atoms with Crippen LogP contribution >= 0.6 is 0 Å². The van der Waals surface area contributed by atoms with Crippen LogP contribution in [0.1, 0.15) is 37.7 Å². The zero-order chi connectivity index (χ0) is 19.9.